The smallest absolute Gasteiger partial charge is 0.129 e. The van der Waals surface area contributed by atoms with Crippen LogP contribution in [0, 0.1) is 0 Å². The highest BCUT2D eigenvalue weighted by Crippen LogP contribution is 2.15. The summed E-state index contributed by atoms with van der Waals surface area (Å²) in [6.45, 7) is 3.99. The molecule has 0 heterocycles. The molecule has 0 aliphatic heterocycles. The molecule has 0 fully saturated rings. The lowest BCUT2D eigenvalue weighted by atomic mass is 10.0. The van der Waals surface area contributed by atoms with Crippen molar-refractivity contribution in [3.8, 4) is 0 Å². The van der Waals surface area contributed by atoms with Gasteiger partial charge in [-0.3, -0.25) is 0 Å². The Morgan fingerprint density at radius 2 is 0.622 bits per heavy atom. The number of ketones is 1. The van der Waals surface area contributed by atoms with Crippen molar-refractivity contribution < 1.29 is 4.79 Å². The number of Topliss-reactive ketones (excluding diaryl/α,β-unsaturated/α-hetero) is 1. The molecule has 0 rings (SSSR count). The summed E-state index contributed by atoms with van der Waals surface area (Å²) in [7, 11) is 0. The third-order valence-corrected chi connectivity index (χ3v) is 7.70. The maximum absolute atomic E-state index is 10.9. The molecule has 0 radical (unpaired) electrons. The lowest BCUT2D eigenvalue weighted by Gasteiger charge is -2.03. The normalized spacial score (nSPS) is 11.8. The second-order valence-corrected chi connectivity index (χ2v) is 11.7. The molecule has 1 nitrogen and oxygen atoms in total. The van der Waals surface area contributed by atoms with Gasteiger partial charge >= 0.3 is 0 Å². The van der Waals surface area contributed by atoms with Crippen LogP contribution in [-0.4, -0.2) is 5.78 Å². The van der Waals surface area contributed by atoms with E-state index in [9.17, 15) is 4.79 Å². The van der Waals surface area contributed by atoms with E-state index in [0.717, 1.165) is 12.8 Å². The van der Waals surface area contributed by atoms with Crippen molar-refractivity contribution in [1.29, 1.82) is 0 Å². The molecule has 0 N–H and O–H groups in total. The first-order valence-corrected chi connectivity index (χ1v) is 17.1. The van der Waals surface area contributed by atoms with Gasteiger partial charge in [-0.15, -0.1) is 0 Å². The minimum atomic E-state index is 0.333. The van der Waals surface area contributed by atoms with Crippen LogP contribution in [0.1, 0.15) is 200 Å². The van der Waals surface area contributed by atoms with E-state index in [1.165, 1.54) is 173 Å². The fraction of sp³-hybridized carbons (Fsp3) is 0.861. The summed E-state index contributed by atoms with van der Waals surface area (Å²) in [5.74, 6) is 0.333. The van der Waals surface area contributed by atoms with Crippen molar-refractivity contribution in [3.63, 3.8) is 0 Å². The maximum Gasteiger partial charge on any atom is 0.129 e. The Morgan fingerprint density at radius 1 is 0.378 bits per heavy atom. The average molecular weight is 517 g/mol. The van der Waals surface area contributed by atoms with E-state index in [2.05, 4.69) is 31.2 Å². The van der Waals surface area contributed by atoms with Crippen molar-refractivity contribution >= 4 is 5.78 Å². The number of carbonyl (C=O) groups is 1. The Morgan fingerprint density at radius 3 is 0.892 bits per heavy atom. The van der Waals surface area contributed by atoms with Crippen LogP contribution in [-0.2, 0) is 4.79 Å². The lowest BCUT2D eigenvalue weighted by Crippen LogP contribution is -1.88. The van der Waals surface area contributed by atoms with Crippen LogP contribution in [0.3, 0.4) is 0 Å². The molecule has 0 unspecified atom stereocenters. The summed E-state index contributed by atoms with van der Waals surface area (Å²) in [5.41, 5.74) is 0. The lowest BCUT2D eigenvalue weighted by molar-refractivity contribution is -0.117. The van der Waals surface area contributed by atoms with Gasteiger partial charge < -0.3 is 4.79 Å². The zero-order valence-corrected chi connectivity index (χ0v) is 25.7. The van der Waals surface area contributed by atoms with Crippen LogP contribution >= 0.6 is 0 Å². The minimum absolute atomic E-state index is 0.333. The van der Waals surface area contributed by atoms with Gasteiger partial charge in [0.25, 0.3) is 0 Å². The van der Waals surface area contributed by atoms with Crippen molar-refractivity contribution in [2.24, 2.45) is 0 Å². The molecule has 0 aliphatic carbocycles. The topological polar surface area (TPSA) is 17.1 Å². The fourth-order valence-corrected chi connectivity index (χ4v) is 5.15. The van der Waals surface area contributed by atoms with Crippen molar-refractivity contribution in [2.45, 2.75) is 200 Å². The molecule has 218 valence electrons. The summed E-state index contributed by atoms with van der Waals surface area (Å²) in [4.78, 5) is 10.9. The molecular formula is C36H68O. The Balaban J connectivity index is 3.11. The van der Waals surface area contributed by atoms with Gasteiger partial charge in [0.2, 0.25) is 0 Å². The number of hydrogen-bond acceptors (Lipinski definition) is 1. The van der Waals surface area contributed by atoms with Crippen LogP contribution in [0.25, 0.3) is 0 Å². The van der Waals surface area contributed by atoms with E-state index in [0.29, 0.717) is 5.78 Å². The van der Waals surface area contributed by atoms with Crippen molar-refractivity contribution in [2.75, 3.05) is 0 Å². The summed E-state index contributed by atoms with van der Waals surface area (Å²) in [6, 6.07) is 0. The van der Waals surface area contributed by atoms with Crippen LogP contribution in [0.5, 0.6) is 0 Å². The highest BCUT2D eigenvalue weighted by molar-refractivity contribution is 5.75. The van der Waals surface area contributed by atoms with Gasteiger partial charge in [-0.25, -0.2) is 0 Å². The van der Waals surface area contributed by atoms with Crippen LogP contribution in [0.4, 0.5) is 0 Å². The molecule has 0 aromatic rings. The Labute approximate surface area is 234 Å². The first kappa shape index (κ1) is 36.1. The Bertz CT molecular complexity index is 489. The first-order chi connectivity index (χ1) is 18.3. The summed E-state index contributed by atoms with van der Waals surface area (Å²) < 4.78 is 0. The SMILES string of the molecule is CCCCCCCCC=CCCCCCCCCCCCCCCCCCC=CCCCCCC(C)=O. The molecule has 37 heavy (non-hydrogen) atoms. The van der Waals surface area contributed by atoms with Gasteiger partial charge in [0.1, 0.15) is 5.78 Å². The maximum atomic E-state index is 10.9. The zero-order chi connectivity index (χ0) is 26.9. The number of hydrogen-bond donors (Lipinski definition) is 0. The van der Waals surface area contributed by atoms with Gasteiger partial charge in [-0.2, -0.15) is 0 Å². The highest BCUT2D eigenvalue weighted by Gasteiger charge is 1.95. The van der Waals surface area contributed by atoms with Crippen molar-refractivity contribution in [3.05, 3.63) is 24.3 Å². The molecule has 0 aromatic heterocycles. The Kier molecular flexibility index (Phi) is 32.4. The largest absolute Gasteiger partial charge is 0.300 e. The summed E-state index contributed by atoms with van der Waals surface area (Å²) in [6.07, 6.45) is 49.0. The van der Waals surface area contributed by atoms with E-state index < -0.39 is 0 Å². The molecule has 0 saturated carbocycles. The summed E-state index contributed by atoms with van der Waals surface area (Å²) >= 11 is 0. The van der Waals surface area contributed by atoms with Gasteiger partial charge in [0.15, 0.2) is 0 Å². The monoisotopic (exact) mass is 517 g/mol. The number of allylic oxidation sites excluding steroid dienone is 4. The van der Waals surface area contributed by atoms with Crippen LogP contribution in [0.2, 0.25) is 0 Å². The second-order valence-electron chi connectivity index (χ2n) is 11.7. The van der Waals surface area contributed by atoms with Crippen molar-refractivity contribution in [1.82, 2.24) is 0 Å². The fourth-order valence-electron chi connectivity index (χ4n) is 5.15. The van der Waals surface area contributed by atoms with Gasteiger partial charge in [0.05, 0.1) is 0 Å². The van der Waals surface area contributed by atoms with E-state index in [-0.39, 0.29) is 0 Å². The molecule has 0 amide bonds. The molecular weight excluding hydrogens is 448 g/mol. The molecule has 0 aliphatic rings. The van der Waals surface area contributed by atoms with E-state index in [4.69, 9.17) is 0 Å². The third-order valence-electron chi connectivity index (χ3n) is 7.70. The van der Waals surface area contributed by atoms with Gasteiger partial charge in [0, 0.05) is 6.42 Å². The average Bonchev–Trinajstić information content (AvgIpc) is 2.89. The quantitative estimate of drug-likeness (QED) is 0.0661. The predicted molar refractivity (Wildman–Crippen MR) is 169 cm³/mol. The second kappa shape index (κ2) is 33.2. The van der Waals surface area contributed by atoms with E-state index in [1.54, 1.807) is 6.92 Å². The molecule has 0 atom stereocenters. The standard InChI is InChI=1S/C36H68O/c1-3-4-5-6-7-8-9-10-11-12-13-14-15-16-17-18-19-20-21-22-23-24-25-26-27-28-29-30-31-32-33-34-35-36(2)37/h10-11,29-30H,3-9,12-28,31-35H2,1-2H3. The molecule has 0 bridgehead atoms. The number of rotatable bonds is 31. The zero-order valence-electron chi connectivity index (χ0n) is 25.7. The third kappa shape index (κ3) is 35.1. The van der Waals surface area contributed by atoms with E-state index >= 15 is 0 Å². The molecule has 0 spiro atoms. The number of unbranched alkanes of at least 4 members (excludes halogenated alkanes) is 25. The van der Waals surface area contributed by atoms with E-state index in [1.807, 2.05) is 0 Å². The Hall–Kier alpha value is -0.850. The predicted octanol–water partition coefficient (Wildman–Crippen LogP) is 13.0. The molecule has 0 aromatic carbocycles. The molecule has 0 saturated heterocycles. The first-order valence-electron chi connectivity index (χ1n) is 17.1. The van der Waals surface area contributed by atoms with Gasteiger partial charge in [-0.1, -0.05) is 153 Å². The van der Waals surface area contributed by atoms with Crippen LogP contribution in [0.15, 0.2) is 24.3 Å². The van der Waals surface area contributed by atoms with Gasteiger partial charge in [-0.05, 0) is 64.7 Å². The summed E-state index contributed by atoms with van der Waals surface area (Å²) in [5, 5.41) is 0. The highest BCUT2D eigenvalue weighted by atomic mass is 16.1. The minimum Gasteiger partial charge on any atom is -0.300 e. The van der Waals surface area contributed by atoms with Crippen LogP contribution < -0.4 is 0 Å². The molecule has 1 heteroatoms. The number of carbonyl (C=O) groups excluding carboxylic acids is 1.